The molecule has 0 spiro atoms. The number of benzene rings is 1. The molecule has 0 saturated carbocycles. The molecule has 6 aromatic rings. The van der Waals surface area contributed by atoms with E-state index in [9.17, 15) is 0 Å². The fourth-order valence-electron chi connectivity index (χ4n) is 3.76. The van der Waals surface area contributed by atoms with Crippen LogP contribution >= 0.6 is 11.3 Å². The van der Waals surface area contributed by atoms with Crippen LogP contribution in [0.15, 0.2) is 77.9 Å². The Hall–Kier alpha value is -3.77. The highest BCUT2D eigenvalue weighted by atomic mass is 32.1. The molecule has 138 valence electrons. The molecule has 1 aromatic carbocycles. The van der Waals surface area contributed by atoms with Gasteiger partial charge in [-0.25, -0.2) is 4.98 Å². The zero-order valence-corrected chi connectivity index (χ0v) is 16.1. The Kier molecular flexibility index (Phi) is 3.57. The molecule has 5 aromatic heterocycles. The number of nitrogens with one attached hydrogen (secondary N) is 2. The number of aromatic nitrogens is 5. The predicted octanol–water partition coefficient (Wildman–Crippen LogP) is 5.90. The Labute approximate surface area is 170 Å². The summed E-state index contributed by atoms with van der Waals surface area (Å²) in [5.74, 6) is 0. The molecule has 0 atom stereocenters. The van der Waals surface area contributed by atoms with Crippen LogP contribution in [0, 0.1) is 0 Å². The molecule has 0 bridgehead atoms. The van der Waals surface area contributed by atoms with E-state index in [1.807, 2.05) is 24.5 Å². The third-order valence-electron chi connectivity index (χ3n) is 5.17. The number of hydrogen-bond acceptors (Lipinski definition) is 4. The highest BCUT2D eigenvalue weighted by molar-refractivity contribution is 7.08. The van der Waals surface area contributed by atoms with Crippen LogP contribution in [-0.4, -0.2) is 25.1 Å². The molecule has 0 fully saturated rings. The van der Waals surface area contributed by atoms with E-state index in [0.29, 0.717) is 5.65 Å². The van der Waals surface area contributed by atoms with E-state index in [0.717, 1.165) is 33.4 Å². The standard InChI is InChI=1S/C23H15N5S/c1-4-17(15-6-8-29-13-15)18-10-21(26-20(18)5-1)22-19-9-16(12-25-23(19)28-27-22)14-3-2-7-24-11-14/h1-13,26H,(H,25,27,28). The van der Waals surface area contributed by atoms with E-state index < -0.39 is 0 Å². The molecule has 0 radical (unpaired) electrons. The Balaban J connectivity index is 1.53. The average Bonchev–Trinajstić information content (AvgIpc) is 3.52. The van der Waals surface area contributed by atoms with Gasteiger partial charge in [-0.3, -0.25) is 10.1 Å². The molecule has 2 N–H and O–H groups in total. The van der Waals surface area contributed by atoms with Crippen molar-refractivity contribution in [1.29, 1.82) is 0 Å². The first-order chi connectivity index (χ1) is 14.4. The van der Waals surface area contributed by atoms with Crippen molar-refractivity contribution in [3.8, 4) is 33.6 Å². The molecule has 0 aliphatic heterocycles. The number of rotatable bonds is 3. The lowest BCUT2D eigenvalue weighted by molar-refractivity contribution is 1.10. The van der Waals surface area contributed by atoms with Crippen LogP contribution in [0.5, 0.6) is 0 Å². The highest BCUT2D eigenvalue weighted by Gasteiger charge is 2.14. The van der Waals surface area contributed by atoms with Crippen molar-refractivity contribution in [3.05, 3.63) is 77.9 Å². The van der Waals surface area contributed by atoms with Crippen molar-refractivity contribution in [2.24, 2.45) is 0 Å². The zero-order chi connectivity index (χ0) is 19.2. The van der Waals surface area contributed by atoms with Gasteiger partial charge in [-0.05, 0) is 52.2 Å². The molecule has 0 amide bonds. The fourth-order valence-corrected chi connectivity index (χ4v) is 4.41. The van der Waals surface area contributed by atoms with E-state index in [-0.39, 0.29) is 0 Å². The van der Waals surface area contributed by atoms with Crippen LogP contribution in [0.1, 0.15) is 0 Å². The summed E-state index contributed by atoms with van der Waals surface area (Å²) in [6, 6.07) is 16.8. The first-order valence-electron chi connectivity index (χ1n) is 9.26. The largest absolute Gasteiger partial charge is 0.353 e. The van der Waals surface area contributed by atoms with Crippen LogP contribution in [0.3, 0.4) is 0 Å². The number of fused-ring (bicyclic) bond motifs is 2. The molecule has 0 aliphatic carbocycles. The lowest BCUT2D eigenvalue weighted by Crippen LogP contribution is -1.83. The molecular weight excluding hydrogens is 378 g/mol. The van der Waals surface area contributed by atoms with Gasteiger partial charge in [0, 0.05) is 46.0 Å². The van der Waals surface area contributed by atoms with Crippen LogP contribution in [0.25, 0.3) is 55.6 Å². The van der Waals surface area contributed by atoms with Gasteiger partial charge in [0.05, 0.1) is 11.4 Å². The number of nitrogens with zero attached hydrogens (tertiary/aromatic N) is 3. The molecule has 0 aliphatic rings. The molecule has 6 heteroatoms. The van der Waals surface area contributed by atoms with E-state index in [1.165, 1.54) is 16.5 Å². The highest BCUT2D eigenvalue weighted by Crippen LogP contribution is 2.35. The zero-order valence-electron chi connectivity index (χ0n) is 15.3. The van der Waals surface area contributed by atoms with Crippen LogP contribution in [-0.2, 0) is 0 Å². The predicted molar refractivity (Wildman–Crippen MR) is 118 cm³/mol. The van der Waals surface area contributed by atoms with Gasteiger partial charge in [-0.2, -0.15) is 16.4 Å². The molecule has 0 saturated heterocycles. The van der Waals surface area contributed by atoms with Crippen molar-refractivity contribution in [2.45, 2.75) is 0 Å². The second-order valence-electron chi connectivity index (χ2n) is 6.90. The van der Waals surface area contributed by atoms with E-state index in [1.54, 1.807) is 17.5 Å². The van der Waals surface area contributed by atoms with Crippen molar-refractivity contribution in [3.63, 3.8) is 0 Å². The maximum atomic E-state index is 4.53. The summed E-state index contributed by atoms with van der Waals surface area (Å²) in [5, 5.41) is 14.0. The topological polar surface area (TPSA) is 70.2 Å². The summed E-state index contributed by atoms with van der Waals surface area (Å²) < 4.78 is 0. The second kappa shape index (κ2) is 6.39. The van der Waals surface area contributed by atoms with Gasteiger partial charge < -0.3 is 4.98 Å². The van der Waals surface area contributed by atoms with Crippen LogP contribution in [0.2, 0.25) is 0 Å². The van der Waals surface area contributed by atoms with Crippen LogP contribution < -0.4 is 0 Å². The van der Waals surface area contributed by atoms with E-state index in [4.69, 9.17) is 0 Å². The van der Waals surface area contributed by atoms with Gasteiger partial charge in [0.1, 0.15) is 0 Å². The number of hydrogen-bond donors (Lipinski definition) is 2. The Bertz CT molecular complexity index is 1450. The maximum Gasteiger partial charge on any atom is 0.181 e. The number of aromatic amines is 2. The first-order valence-corrected chi connectivity index (χ1v) is 10.2. The van der Waals surface area contributed by atoms with Gasteiger partial charge in [0.2, 0.25) is 0 Å². The SMILES string of the molecule is c1cncc(-c2cnc3n[nH]c(-c4cc5c(-c6ccsc6)cccc5[nH]4)c3c2)c1. The third-order valence-corrected chi connectivity index (χ3v) is 5.85. The molecule has 6 rings (SSSR count). The fraction of sp³-hybridized carbons (Fsp3) is 0. The Morgan fingerprint density at radius 3 is 2.72 bits per heavy atom. The van der Waals surface area contributed by atoms with Crippen molar-refractivity contribution >= 4 is 33.3 Å². The smallest absolute Gasteiger partial charge is 0.181 e. The minimum atomic E-state index is 0.698. The lowest BCUT2D eigenvalue weighted by Gasteiger charge is -2.01. The average molecular weight is 393 g/mol. The number of H-pyrrole nitrogens is 2. The Morgan fingerprint density at radius 2 is 1.86 bits per heavy atom. The normalized spacial score (nSPS) is 11.4. The molecular formula is C23H15N5S. The van der Waals surface area contributed by atoms with Gasteiger partial charge in [-0.15, -0.1) is 0 Å². The van der Waals surface area contributed by atoms with Crippen molar-refractivity contribution < 1.29 is 0 Å². The van der Waals surface area contributed by atoms with Gasteiger partial charge in [-0.1, -0.05) is 18.2 Å². The minimum absolute atomic E-state index is 0.698. The molecule has 0 unspecified atom stereocenters. The summed E-state index contributed by atoms with van der Waals surface area (Å²) in [7, 11) is 0. The summed E-state index contributed by atoms with van der Waals surface area (Å²) in [6.45, 7) is 0. The quantitative estimate of drug-likeness (QED) is 0.393. The van der Waals surface area contributed by atoms with Crippen molar-refractivity contribution in [2.75, 3.05) is 0 Å². The minimum Gasteiger partial charge on any atom is -0.353 e. The van der Waals surface area contributed by atoms with E-state index in [2.05, 4.69) is 72.3 Å². The summed E-state index contributed by atoms with van der Waals surface area (Å²) >= 11 is 1.71. The van der Waals surface area contributed by atoms with Crippen LogP contribution in [0.4, 0.5) is 0 Å². The number of pyridine rings is 2. The third kappa shape index (κ3) is 2.65. The number of thiophene rings is 1. The summed E-state index contributed by atoms with van der Waals surface area (Å²) in [6.07, 6.45) is 5.46. The molecule has 5 heterocycles. The van der Waals surface area contributed by atoms with E-state index >= 15 is 0 Å². The van der Waals surface area contributed by atoms with Crippen molar-refractivity contribution in [1.82, 2.24) is 25.1 Å². The van der Waals surface area contributed by atoms with Gasteiger partial charge in [0.15, 0.2) is 5.65 Å². The van der Waals surface area contributed by atoms with Gasteiger partial charge >= 0.3 is 0 Å². The first kappa shape index (κ1) is 16.2. The lowest BCUT2D eigenvalue weighted by atomic mass is 10.0. The van der Waals surface area contributed by atoms with Gasteiger partial charge in [0.25, 0.3) is 0 Å². The Morgan fingerprint density at radius 1 is 0.862 bits per heavy atom. The summed E-state index contributed by atoms with van der Waals surface area (Å²) in [5.41, 5.74) is 8.24. The molecule has 5 nitrogen and oxygen atoms in total. The monoisotopic (exact) mass is 393 g/mol. The second-order valence-corrected chi connectivity index (χ2v) is 7.68. The summed E-state index contributed by atoms with van der Waals surface area (Å²) in [4.78, 5) is 12.3. The maximum absolute atomic E-state index is 4.53. The molecule has 29 heavy (non-hydrogen) atoms.